The van der Waals surface area contributed by atoms with Crippen LogP contribution in [0, 0.1) is 0 Å². The quantitative estimate of drug-likeness (QED) is 0.573. The summed E-state index contributed by atoms with van der Waals surface area (Å²) >= 11 is 0. The zero-order valence-electron chi connectivity index (χ0n) is 7.80. The van der Waals surface area contributed by atoms with E-state index in [1.165, 1.54) is 12.0 Å². The van der Waals surface area contributed by atoms with Crippen LogP contribution in [0.1, 0.15) is 32.8 Å². The van der Waals surface area contributed by atoms with E-state index in [1.807, 2.05) is 6.07 Å². The maximum Gasteiger partial charge on any atom is -0.0307 e. The lowest BCUT2D eigenvalue weighted by Crippen LogP contribution is -1.73. The van der Waals surface area contributed by atoms with E-state index in [-0.39, 0.29) is 0 Å². The zero-order chi connectivity index (χ0) is 8.53. The van der Waals surface area contributed by atoms with Crippen LogP contribution in [0.2, 0.25) is 0 Å². The zero-order valence-corrected chi connectivity index (χ0v) is 7.80. The summed E-state index contributed by atoms with van der Waals surface area (Å²) in [5.41, 5.74) is 1.41. The first-order valence-electron chi connectivity index (χ1n) is 4.39. The molecule has 0 unspecified atom stereocenters. The molecule has 0 radical (unpaired) electrons. The summed E-state index contributed by atoms with van der Waals surface area (Å²) in [6.45, 7) is 6.41. The normalized spacial score (nSPS) is 8.27. The molecule has 0 aromatic heterocycles. The molecule has 1 aromatic rings. The van der Waals surface area contributed by atoms with E-state index in [0.29, 0.717) is 0 Å². The van der Waals surface area contributed by atoms with Crippen LogP contribution in [0.5, 0.6) is 0 Å². The van der Waals surface area contributed by atoms with E-state index in [0.717, 1.165) is 6.42 Å². The summed E-state index contributed by atoms with van der Waals surface area (Å²) in [5.74, 6) is 0. The minimum absolute atomic E-state index is 1.14. The first-order valence-corrected chi connectivity index (χ1v) is 4.39. The predicted octanol–water partition coefficient (Wildman–Crippen LogP) is 3.67. The van der Waals surface area contributed by atoms with Gasteiger partial charge in [-0.05, 0) is 12.0 Å². The molecule has 0 heteroatoms. The SMILES string of the molecule is CCC.CCc1ccccc1. The van der Waals surface area contributed by atoms with Gasteiger partial charge < -0.3 is 0 Å². The van der Waals surface area contributed by atoms with Gasteiger partial charge in [-0.1, -0.05) is 57.5 Å². The fraction of sp³-hybridized carbons (Fsp3) is 0.455. The fourth-order valence-corrected chi connectivity index (χ4v) is 0.714. The van der Waals surface area contributed by atoms with E-state index in [2.05, 4.69) is 45.0 Å². The van der Waals surface area contributed by atoms with Crippen LogP contribution in [0.4, 0.5) is 0 Å². The fourth-order valence-electron chi connectivity index (χ4n) is 0.714. The molecule has 0 nitrogen and oxygen atoms in total. The summed E-state index contributed by atoms with van der Waals surface area (Å²) in [5, 5.41) is 0. The minimum atomic E-state index is 1.14. The molecular formula is C11H18. The van der Waals surface area contributed by atoms with Crippen molar-refractivity contribution in [2.24, 2.45) is 0 Å². The van der Waals surface area contributed by atoms with Gasteiger partial charge in [0.2, 0.25) is 0 Å². The molecule has 0 bridgehead atoms. The van der Waals surface area contributed by atoms with Crippen LogP contribution in [0.15, 0.2) is 30.3 Å². The second kappa shape index (κ2) is 7.33. The van der Waals surface area contributed by atoms with E-state index >= 15 is 0 Å². The molecule has 0 N–H and O–H groups in total. The molecule has 11 heavy (non-hydrogen) atoms. The lowest BCUT2D eigenvalue weighted by atomic mass is 10.2. The minimum Gasteiger partial charge on any atom is -0.0656 e. The maximum absolute atomic E-state index is 2.16. The lowest BCUT2D eigenvalue weighted by molar-refractivity contribution is 1.09. The highest BCUT2D eigenvalue weighted by Crippen LogP contribution is 1.96. The molecule has 62 valence electrons. The molecule has 0 heterocycles. The molecule has 0 spiro atoms. The van der Waals surface area contributed by atoms with Crippen LogP contribution >= 0.6 is 0 Å². The van der Waals surface area contributed by atoms with Crippen molar-refractivity contribution in [2.45, 2.75) is 33.6 Å². The number of benzene rings is 1. The van der Waals surface area contributed by atoms with Crippen LogP contribution < -0.4 is 0 Å². The van der Waals surface area contributed by atoms with E-state index in [1.54, 1.807) is 0 Å². The third-order valence-electron chi connectivity index (χ3n) is 1.25. The summed E-state index contributed by atoms with van der Waals surface area (Å²) in [4.78, 5) is 0. The lowest BCUT2D eigenvalue weighted by Gasteiger charge is -1.89. The van der Waals surface area contributed by atoms with Gasteiger partial charge in [0.25, 0.3) is 0 Å². The van der Waals surface area contributed by atoms with Crippen LogP contribution in [-0.2, 0) is 6.42 Å². The number of aryl methyl sites for hydroxylation is 1. The van der Waals surface area contributed by atoms with Crippen molar-refractivity contribution in [3.8, 4) is 0 Å². The predicted molar refractivity (Wildman–Crippen MR) is 51.8 cm³/mol. The topological polar surface area (TPSA) is 0 Å². The molecule has 0 fully saturated rings. The second-order valence-electron chi connectivity index (χ2n) is 2.55. The number of rotatable bonds is 1. The van der Waals surface area contributed by atoms with Crippen molar-refractivity contribution in [1.82, 2.24) is 0 Å². The second-order valence-corrected chi connectivity index (χ2v) is 2.55. The Balaban J connectivity index is 0.000000292. The molecule has 0 saturated heterocycles. The first-order chi connectivity index (χ1) is 5.35. The molecule has 0 amide bonds. The Morgan fingerprint density at radius 2 is 1.36 bits per heavy atom. The molecule has 0 atom stereocenters. The van der Waals surface area contributed by atoms with Crippen molar-refractivity contribution in [2.75, 3.05) is 0 Å². The van der Waals surface area contributed by atoms with Crippen LogP contribution in [0.25, 0.3) is 0 Å². The summed E-state index contributed by atoms with van der Waals surface area (Å²) in [7, 11) is 0. The van der Waals surface area contributed by atoms with Crippen LogP contribution in [0.3, 0.4) is 0 Å². The van der Waals surface area contributed by atoms with Gasteiger partial charge >= 0.3 is 0 Å². The third kappa shape index (κ3) is 5.65. The van der Waals surface area contributed by atoms with Gasteiger partial charge in [-0.15, -0.1) is 0 Å². The molecule has 1 aromatic carbocycles. The van der Waals surface area contributed by atoms with Gasteiger partial charge in [-0.2, -0.15) is 0 Å². The highest BCUT2D eigenvalue weighted by molar-refractivity contribution is 5.13. The smallest absolute Gasteiger partial charge is 0.0307 e. The molecule has 0 saturated carbocycles. The maximum atomic E-state index is 2.16. The highest BCUT2D eigenvalue weighted by atomic mass is 13.9. The Hall–Kier alpha value is -0.780. The van der Waals surface area contributed by atoms with Gasteiger partial charge in [-0.25, -0.2) is 0 Å². The Labute approximate surface area is 70.3 Å². The van der Waals surface area contributed by atoms with E-state index in [9.17, 15) is 0 Å². The van der Waals surface area contributed by atoms with E-state index in [4.69, 9.17) is 0 Å². The Bertz CT molecular complexity index is 153. The largest absolute Gasteiger partial charge is 0.0656 e. The van der Waals surface area contributed by atoms with Gasteiger partial charge in [-0.3, -0.25) is 0 Å². The van der Waals surface area contributed by atoms with Crippen molar-refractivity contribution >= 4 is 0 Å². The number of hydrogen-bond acceptors (Lipinski definition) is 0. The molecule has 1 rings (SSSR count). The summed E-state index contributed by atoms with van der Waals surface area (Å²) in [6.07, 6.45) is 2.39. The van der Waals surface area contributed by atoms with Crippen molar-refractivity contribution in [1.29, 1.82) is 0 Å². The van der Waals surface area contributed by atoms with Gasteiger partial charge in [0, 0.05) is 0 Å². The average Bonchev–Trinajstić information content (AvgIpc) is 2.08. The Morgan fingerprint density at radius 3 is 1.64 bits per heavy atom. The van der Waals surface area contributed by atoms with Gasteiger partial charge in [0.1, 0.15) is 0 Å². The molecule has 0 aliphatic carbocycles. The first kappa shape index (κ1) is 10.2. The third-order valence-corrected chi connectivity index (χ3v) is 1.25. The highest BCUT2D eigenvalue weighted by Gasteiger charge is 1.79. The Kier molecular flexibility index (Phi) is 6.81. The number of hydrogen-bond donors (Lipinski definition) is 0. The van der Waals surface area contributed by atoms with Gasteiger partial charge in [0.15, 0.2) is 0 Å². The standard InChI is InChI=1S/C8H10.C3H8/c1-2-8-6-4-3-5-7-8;1-3-2/h3-7H,2H2,1H3;3H2,1-2H3. The van der Waals surface area contributed by atoms with Crippen molar-refractivity contribution < 1.29 is 0 Å². The summed E-state index contributed by atoms with van der Waals surface area (Å²) in [6, 6.07) is 10.5. The Morgan fingerprint density at radius 1 is 0.909 bits per heavy atom. The van der Waals surface area contributed by atoms with Crippen molar-refractivity contribution in [3.05, 3.63) is 35.9 Å². The summed E-state index contributed by atoms with van der Waals surface area (Å²) < 4.78 is 0. The monoisotopic (exact) mass is 150 g/mol. The molecule has 0 aliphatic rings. The van der Waals surface area contributed by atoms with Gasteiger partial charge in [0.05, 0.1) is 0 Å². The van der Waals surface area contributed by atoms with E-state index < -0.39 is 0 Å². The van der Waals surface area contributed by atoms with Crippen molar-refractivity contribution in [3.63, 3.8) is 0 Å². The average molecular weight is 150 g/mol. The van der Waals surface area contributed by atoms with Crippen LogP contribution in [-0.4, -0.2) is 0 Å². The molecule has 0 aliphatic heterocycles. The molecular weight excluding hydrogens is 132 g/mol.